The van der Waals surface area contributed by atoms with Crippen molar-refractivity contribution in [2.24, 2.45) is 0 Å². The lowest BCUT2D eigenvalue weighted by molar-refractivity contribution is -0.384. The maximum Gasteiger partial charge on any atom is 0.335 e. The van der Waals surface area contributed by atoms with Crippen molar-refractivity contribution >= 4 is 35.3 Å². The van der Waals surface area contributed by atoms with Crippen molar-refractivity contribution in [1.82, 2.24) is 9.88 Å². The first-order valence-corrected chi connectivity index (χ1v) is 9.37. The van der Waals surface area contributed by atoms with Crippen LogP contribution in [-0.2, 0) is 9.59 Å². The molecular formula is C22H16N4O6. The largest absolute Gasteiger partial charge is 0.497 e. The van der Waals surface area contributed by atoms with E-state index in [1.54, 1.807) is 47.2 Å². The van der Waals surface area contributed by atoms with Crippen LogP contribution in [0.1, 0.15) is 5.69 Å². The summed E-state index contributed by atoms with van der Waals surface area (Å²) in [5.74, 6) is -1.05. The second kappa shape index (κ2) is 8.19. The molecule has 1 saturated heterocycles. The molecule has 2 heterocycles. The number of hydrogen-bond acceptors (Lipinski definition) is 6. The summed E-state index contributed by atoms with van der Waals surface area (Å²) in [6, 6.07) is 14.6. The monoisotopic (exact) mass is 432 g/mol. The molecular weight excluding hydrogens is 416 g/mol. The summed E-state index contributed by atoms with van der Waals surface area (Å²) >= 11 is 0. The van der Waals surface area contributed by atoms with Crippen LogP contribution in [-0.4, -0.2) is 34.4 Å². The quantitative estimate of drug-likeness (QED) is 0.286. The third kappa shape index (κ3) is 3.72. The number of benzene rings is 2. The minimum absolute atomic E-state index is 0.0590. The van der Waals surface area contributed by atoms with Gasteiger partial charge >= 0.3 is 6.03 Å². The van der Waals surface area contributed by atoms with E-state index >= 15 is 0 Å². The van der Waals surface area contributed by atoms with Crippen LogP contribution in [0, 0.1) is 10.1 Å². The van der Waals surface area contributed by atoms with Gasteiger partial charge in [0, 0.05) is 29.7 Å². The van der Waals surface area contributed by atoms with E-state index in [2.05, 4.69) is 5.32 Å². The molecule has 1 aliphatic rings. The van der Waals surface area contributed by atoms with E-state index in [4.69, 9.17) is 4.74 Å². The molecule has 4 rings (SSSR count). The standard InChI is InChI=1S/C22H16N4O6/c1-32-18-10-8-15(9-11-18)25-21(28)19(20(27)23-22(25)29)13-17-3-2-12-24(17)14-4-6-16(7-5-14)26(30)31/h2-13H,1H3,(H,23,27,29)/b19-13+. The van der Waals surface area contributed by atoms with Crippen molar-refractivity contribution in [2.75, 3.05) is 12.0 Å². The van der Waals surface area contributed by atoms with E-state index in [1.807, 2.05) is 0 Å². The predicted molar refractivity (Wildman–Crippen MR) is 114 cm³/mol. The lowest BCUT2D eigenvalue weighted by Crippen LogP contribution is -2.54. The van der Waals surface area contributed by atoms with Crippen LogP contribution in [0.4, 0.5) is 16.2 Å². The molecule has 0 aliphatic carbocycles. The number of hydrogen-bond donors (Lipinski definition) is 1. The molecule has 0 bridgehead atoms. The first-order chi connectivity index (χ1) is 15.4. The Kier molecular flexibility index (Phi) is 5.25. The molecule has 10 heteroatoms. The van der Waals surface area contributed by atoms with E-state index in [0.717, 1.165) is 4.90 Å². The topological polar surface area (TPSA) is 124 Å². The normalized spacial score (nSPS) is 15.1. The number of nitro benzene ring substituents is 1. The van der Waals surface area contributed by atoms with E-state index in [-0.39, 0.29) is 16.9 Å². The SMILES string of the molecule is COc1ccc(N2C(=O)NC(=O)/C(=C\c3cccn3-c3ccc([N+](=O)[O-])cc3)C2=O)cc1. The number of nitrogens with one attached hydrogen (secondary N) is 1. The Balaban J connectivity index is 1.70. The van der Waals surface area contributed by atoms with Crippen molar-refractivity contribution < 1.29 is 24.0 Å². The molecule has 1 aromatic heterocycles. The Morgan fingerprint density at radius 1 is 0.969 bits per heavy atom. The summed E-state index contributed by atoms with van der Waals surface area (Å²) in [6.07, 6.45) is 3.05. The van der Waals surface area contributed by atoms with Crippen LogP contribution in [0.3, 0.4) is 0 Å². The maximum atomic E-state index is 13.1. The zero-order chi connectivity index (χ0) is 22.8. The number of carbonyl (C=O) groups excluding carboxylic acids is 3. The van der Waals surface area contributed by atoms with Gasteiger partial charge in [0.05, 0.1) is 17.7 Å². The summed E-state index contributed by atoms with van der Waals surface area (Å²) < 4.78 is 6.74. The maximum absolute atomic E-state index is 13.1. The van der Waals surface area contributed by atoms with Gasteiger partial charge in [-0.3, -0.25) is 25.0 Å². The highest BCUT2D eigenvalue weighted by molar-refractivity contribution is 6.39. The van der Waals surface area contributed by atoms with Crippen molar-refractivity contribution in [3.8, 4) is 11.4 Å². The number of nitro groups is 1. The molecule has 0 atom stereocenters. The van der Waals surface area contributed by atoms with Crippen LogP contribution in [0.2, 0.25) is 0 Å². The Hall–Kier alpha value is -4.73. The molecule has 32 heavy (non-hydrogen) atoms. The average Bonchev–Trinajstić information content (AvgIpc) is 3.25. The van der Waals surface area contributed by atoms with Crippen LogP contribution < -0.4 is 15.0 Å². The molecule has 0 radical (unpaired) electrons. The zero-order valence-electron chi connectivity index (χ0n) is 16.7. The fourth-order valence-electron chi connectivity index (χ4n) is 3.25. The number of imide groups is 2. The number of amides is 4. The first kappa shape index (κ1) is 20.5. The number of urea groups is 1. The Labute approximate surface area is 181 Å². The van der Waals surface area contributed by atoms with Gasteiger partial charge in [-0.25, -0.2) is 9.69 Å². The summed E-state index contributed by atoms with van der Waals surface area (Å²) in [6.45, 7) is 0. The minimum Gasteiger partial charge on any atom is -0.497 e. The predicted octanol–water partition coefficient (Wildman–Crippen LogP) is 3.06. The average molecular weight is 432 g/mol. The molecule has 0 unspecified atom stereocenters. The fourth-order valence-corrected chi connectivity index (χ4v) is 3.25. The number of methoxy groups -OCH3 is 1. The van der Waals surface area contributed by atoms with Gasteiger partial charge in [-0.2, -0.15) is 0 Å². The van der Waals surface area contributed by atoms with E-state index in [1.165, 1.54) is 37.5 Å². The third-order valence-corrected chi connectivity index (χ3v) is 4.84. The van der Waals surface area contributed by atoms with E-state index in [9.17, 15) is 24.5 Å². The molecule has 0 saturated carbocycles. The molecule has 10 nitrogen and oxygen atoms in total. The number of rotatable bonds is 5. The lowest BCUT2D eigenvalue weighted by Gasteiger charge is -2.26. The fraction of sp³-hybridized carbons (Fsp3) is 0.0455. The summed E-state index contributed by atoms with van der Waals surface area (Å²) in [5, 5.41) is 13.1. The highest BCUT2D eigenvalue weighted by Gasteiger charge is 2.37. The highest BCUT2D eigenvalue weighted by Crippen LogP contribution is 2.25. The number of barbiturate groups is 1. The number of non-ortho nitro benzene ring substituents is 1. The van der Waals surface area contributed by atoms with Gasteiger partial charge in [-0.05, 0) is 54.6 Å². The van der Waals surface area contributed by atoms with Crippen molar-refractivity contribution in [3.05, 3.63) is 88.2 Å². The van der Waals surface area contributed by atoms with Gasteiger partial charge in [0.2, 0.25) is 0 Å². The molecule has 3 aromatic rings. The first-order valence-electron chi connectivity index (χ1n) is 9.37. The number of anilines is 1. The van der Waals surface area contributed by atoms with Crippen molar-refractivity contribution in [2.45, 2.75) is 0 Å². The molecule has 160 valence electrons. The zero-order valence-corrected chi connectivity index (χ0v) is 16.7. The number of aromatic nitrogens is 1. The summed E-state index contributed by atoms with van der Waals surface area (Å²) in [4.78, 5) is 49.1. The molecule has 1 N–H and O–H groups in total. The minimum atomic E-state index is -0.854. The summed E-state index contributed by atoms with van der Waals surface area (Å²) in [7, 11) is 1.49. The van der Waals surface area contributed by atoms with E-state index < -0.39 is 22.8 Å². The molecule has 1 fully saturated rings. The smallest absolute Gasteiger partial charge is 0.335 e. The Morgan fingerprint density at radius 2 is 1.62 bits per heavy atom. The Bertz CT molecular complexity index is 1260. The van der Waals surface area contributed by atoms with Crippen LogP contribution in [0.5, 0.6) is 5.75 Å². The van der Waals surface area contributed by atoms with Crippen LogP contribution in [0.25, 0.3) is 11.8 Å². The van der Waals surface area contributed by atoms with Gasteiger partial charge in [0.25, 0.3) is 17.5 Å². The van der Waals surface area contributed by atoms with Gasteiger partial charge in [-0.1, -0.05) is 0 Å². The third-order valence-electron chi connectivity index (χ3n) is 4.84. The summed E-state index contributed by atoms with van der Waals surface area (Å²) in [5.41, 5.74) is 1.05. The van der Waals surface area contributed by atoms with Crippen molar-refractivity contribution in [1.29, 1.82) is 0 Å². The van der Waals surface area contributed by atoms with Gasteiger partial charge < -0.3 is 9.30 Å². The molecule has 4 amide bonds. The molecule has 2 aromatic carbocycles. The van der Waals surface area contributed by atoms with Gasteiger partial charge in [0.1, 0.15) is 11.3 Å². The van der Waals surface area contributed by atoms with Gasteiger partial charge in [0.15, 0.2) is 0 Å². The lowest BCUT2D eigenvalue weighted by atomic mass is 10.1. The highest BCUT2D eigenvalue weighted by atomic mass is 16.6. The second-order valence-electron chi connectivity index (χ2n) is 6.73. The van der Waals surface area contributed by atoms with Crippen LogP contribution >= 0.6 is 0 Å². The van der Waals surface area contributed by atoms with Crippen LogP contribution in [0.15, 0.2) is 72.4 Å². The number of ether oxygens (including phenoxy) is 1. The number of carbonyl (C=O) groups is 3. The van der Waals surface area contributed by atoms with Gasteiger partial charge in [-0.15, -0.1) is 0 Å². The molecule has 1 aliphatic heterocycles. The van der Waals surface area contributed by atoms with E-state index in [0.29, 0.717) is 17.1 Å². The molecule has 0 spiro atoms. The Morgan fingerprint density at radius 3 is 2.25 bits per heavy atom. The number of nitrogens with zero attached hydrogens (tertiary/aromatic N) is 3. The second-order valence-corrected chi connectivity index (χ2v) is 6.73. The van der Waals surface area contributed by atoms with Crippen molar-refractivity contribution in [3.63, 3.8) is 0 Å².